The number of rotatable bonds is 5. The minimum Gasteiger partial charge on any atom is -0.493 e. The number of aryl methyl sites for hydroxylation is 1. The van der Waals surface area contributed by atoms with E-state index in [4.69, 9.17) is 19.2 Å². The molecule has 2 heterocycles. The molecule has 1 aromatic heterocycles. The third kappa shape index (κ3) is 3.21. The lowest BCUT2D eigenvalue weighted by Crippen LogP contribution is -2.24. The summed E-state index contributed by atoms with van der Waals surface area (Å²) in [4.78, 5) is 7.21. The van der Waals surface area contributed by atoms with Crippen molar-refractivity contribution in [3.63, 3.8) is 0 Å². The van der Waals surface area contributed by atoms with Crippen molar-refractivity contribution in [1.82, 2.24) is 4.98 Å². The molecule has 3 aromatic rings. The predicted molar refractivity (Wildman–Crippen MR) is 109 cm³/mol. The smallest absolute Gasteiger partial charge is 0.203 e. The van der Waals surface area contributed by atoms with Crippen molar-refractivity contribution in [3.05, 3.63) is 47.3 Å². The largest absolute Gasteiger partial charge is 0.493 e. The fourth-order valence-corrected chi connectivity index (χ4v) is 4.36. The molecule has 0 N–H and O–H groups in total. The maximum absolute atomic E-state index is 5.47. The Morgan fingerprint density at radius 1 is 1.00 bits per heavy atom. The maximum atomic E-state index is 5.47. The molecule has 4 rings (SSSR count). The zero-order chi connectivity index (χ0) is 18.8. The first kappa shape index (κ1) is 17.7. The van der Waals surface area contributed by atoms with Crippen molar-refractivity contribution in [3.8, 4) is 28.5 Å². The summed E-state index contributed by atoms with van der Waals surface area (Å²) in [6.45, 7) is 0.985. The van der Waals surface area contributed by atoms with E-state index in [-0.39, 0.29) is 0 Å². The van der Waals surface area contributed by atoms with Gasteiger partial charge in [0.1, 0.15) is 0 Å². The fraction of sp³-hybridized carbons (Fsp3) is 0.286. The molecule has 1 aliphatic heterocycles. The van der Waals surface area contributed by atoms with Gasteiger partial charge in [0.2, 0.25) is 5.75 Å². The quantitative estimate of drug-likeness (QED) is 0.627. The molecule has 0 amide bonds. The Hall–Kier alpha value is -2.73. The summed E-state index contributed by atoms with van der Waals surface area (Å²) in [6.07, 6.45) is 2.26. The normalized spacial score (nSPS) is 13.2. The highest BCUT2D eigenvalue weighted by atomic mass is 32.1. The van der Waals surface area contributed by atoms with Crippen LogP contribution in [0.15, 0.2) is 41.8 Å². The third-order valence-corrected chi connectivity index (χ3v) is 5.66. The Bertz CT molecular complexity index is 929. The molecule has 2 aromatic carbocycles. The van der Waals surface area contributed by atoms with Crippen molar-refractivity contribution in [1.29, 1.82) is 0 Å². The van der Waals surface area contributed by atoms with Crippen LogP contribution in [0.25, 0.3) is 11.3 Å². The standard InChI is InChI=1S/C21H22N2O3S/c1-24-18-11-15(12-19(25-2)20(18)26-3)16-13-27-21(22-16)23-10-6-8-14-7-4-5-9-17(14)23/h4-5,7,9,11-13H,6,8,10H2,1-3H3. The Kier molecular flexibility index (Phi) is 4.90. The van der Waals surface area contributed by atoms with E-state index in [2.05, 4.69) is 34.5 Å². The Morgan fingerprint density at radius 2 is 1.74 bits per heavy atom. The van der Waals surface area contributed by atoms with Crippen LogP contribution in [0, 0.1) is 0 Å². The lowest BCUT2D eigenvalue weighted by atomic mass is 10.0. The molecule has 0 unspecified atom stereocenters. The van der Waals surface area contributed by atoms with E-state index >= 15 is 0 Å². The van der Waals surface area contributed by atoms with E-state index < -0.39 is 0 Å². The minimum absolute atomic E-state index is 0.587. The molecule has 5 nitrogen and oxygen atoms in total. The molecule has 0 aliphatic carbocycles. The molecule has 0 fully saturated rings. The number of hydrogen-bond acceptors (Lipinski definition) is 6. The van der Waals surface area contributed by atoms with Crippen LogP contribution in [0.3, 0.4) is 0 Å². The number of benzene rings is 2. The SMILES string of the molecule is COc1cc(-c2csc(N3CCCc4ccccc43)n2)cc(OC)c1OC. The fourth-order valence-electron chi connectivity index (χ4n) is 3.48. The van der Waals surface area contributed by atoms with Crippen LogP contribution in [0.4, 0.5) is 10.8 Å². The highest BCUT2D eigenvalue weighted by Crippen LogP contribution is 2.42. The minimum atomic E-state index is 0.587. The van der Waals surface area contributed by atoms with Gasteiger partial charge in [-0.25, -0.2) is 4.98 Å². The molecule has 1 aliphatic rings. The van der Waals surface area contributed by atoms with Crippen LogP contribution in [-0.2, 0) is 6.42 Å². The lowest BCUT2D eigenvalue weighted by Gasteiger charge is -2.28. The summed E-state index contributed by atoms with van der Waals surface area (Å²) in [5, 5.41) is 3.08. The number of nitrogens with zero attached hydrogens (tertiary/aromatic N) is 2. The molecular formula is C21H22N2O3S. The van der Waals surface area contributed by atoms with Crippen molar-refractivity contribution in [2.45, 2.75) is 12.8 Å². The van der Waals surface area contributed by atoms with E-state index in [9.17, 15) is 0 Å². The van der Waals surface area contributed by atoms with Gasteiger partial charge in [0.15, 0.2) is 16.6 Å². The van der Waals surface area contributed by atoms with Gasteiger partial charge in [-0.15, -0.1) is 11.3 Å². The molecule has 0 spiro atoms. The average molecular weight is 382 g/mol. The van der Waals surface area contributed by atoms with Gasteiger partial charge < -0.3 is 19.1 Å². The van der Waals surface area contributed by atoms with Gasteiger partial charge in [-0.2, -0.15) is 0 Å². The summed E-state index contributed by atoms with van der Waals surface area (Å²) in [6, 6.07) is 12.4. The molecule has 140 valence electrons. The second-order valence-electron chi connectivity index (χ2n) is 6.31. The van der Waals surface area contributed by atoms with Gasteiger partial charge >= 0.3 is 0 Å². The number of ether oxygens (including phenoxy) is 3. The van der Waals surface area contributed by atoms with Gasteiger partial charge in [-0.1, -0.05) is 18.2 Å². The van der Waals surface area contributed by atoms with Crippen LogP contribution in [0.1, 0.15) is 12.0 Å². The first-order valence-corrected chi connectivity index (χ1v) is 9.74. The van der Waals surface area contributed by atoms with Crippen molar-refractivity contribution >= 4 is 22.2 Å². The van der Waals surface area contributed by atoms with Crippen LogP contribution >= 0.6 is 11.3 Å². The number of methoxy groups -OCH3 is 3. The van der Waals surface area contributed by atoms with Gasteiger partial charge in [-0.05, 0) is 36.6 Å². The average Bonchev–Trinajstić information content (AvgIpc) is 3.22. The molecule has 27 heavy (non-hydrogen) atoms. The van der Waals surface area contributed by atoms with Gasteiger partial charge in [-0.3, -0.25) is 0 Å². The number of anilines is 2. The molecule has 0 radical (unpaired) electrons. The zero-order valence-electron chi connectivity index (χ0n) is 15.7. The summed E-state index contributed by atoms with van der Waals surface area (Å²) < 4.78 is 16.4. The Morgan fingerprint density at radius 3 is 2.44 bits per heavy atom. The first-order chi connectivity index (χ1) is 13.2. The third-order valence-electron chi connectivity index (χ3n) is 4.79. The van der Waals surface area contributed by atoms with E-state index in [1.165, 1.54) is 11.3 Å². The van der Waals surface area contributed by atoms with E-state index in [1.807, 2.05) is 12.1 Å². The van der Waals surface area contributed by atoms with Crippen LogP contribution in [0.2, 0.25) is 0 Å². The monoisotopic (exact) mass is 382 g/mol. The second-order valence-corrected chi connectivity index (χ2v) is 7.15. The van der Waals surface area contributed by atoms with E-state index in [0.717, 1.165) is 35.8 Å². The summed E-state index contributed by atoms with van der Waals surface area (Å²) in [7, 11) is 4.85. The molecule has 0 saturated carbocycles. The van der Waals surface area contributed by atoms with Crippen molar-refractivity contribution in [2.24, 2.45) is 0 Å². The lowest BCUT2D eigenvalue weighted by molar-refractivity contribution is 0.324. The second kappa shape index (κ2) is 7.48. The zero-order valence-corrected chi connectivity index (χ0v) is 16.5. The highest BCUT2D eigenvalue weighted by molar-refractivity contribution is 7.14. The summed E-state index contributed by atoms with van der Waals surface area (Å²) >= 11 is 1.65. The van der Waals surface area contributed by atoms with Crippen LogP contribution < -0.4 is 19.1 Å². The maximum Gasteiger partial charge on any atom is 0.203 e. The van der Waals surface area contributed by atoms with Crippen molar-refractivity contribution in [2.75, 3.05) is 32.8 Å². The predicted octanol–water partition coefficient (Wildman–Crippen LogP) is 4.92. The number of fused-ring (bicyclic) bond motifs is 1. The number of hydrogen-bond donors (Lipinski definition) is 0. The summed E-state index contributed by atoms with van der Waals surface area (Å²) in [5.74, 6) is 1.85. The number of para-hydroxylation sites is 1. The number of aromatic nitrogens is 1. The summed E-state index contributed by atoms with van der Waals surface area (Å²) in [5.41, 5.74) is 4.48. The molecule has 0 saturated heterocycles. The Balaban J connectivity index is 1.72. The number of thiazole rings is 1. The molecule has 0 atom stereocenters. The first-order valence-electron chi connectivity index (χ1n) is 8.86. The van der Waals surface area contributed by atoms with Gasteiger partial charge in [0, 0.05) is 23.2 Å². The van der Waals surface area contributed by atoms with E-state index in [1.54, 1.807) is 32.7 Å². The van der Waals surface area contributed by atoms with Crippen LogP contribution in [-0.4, -0.2) is 32.9 Å². The highest BCUT2D eigenvalue weighted by Gasteiger charge is 2.21. The molecular weight excluding hydrogens is 360 g/mol. The van der Waals surface area contributed by atoms with Gasteiger partial charge in [0.05, 0.1) is 27.0 Å². The van der Waals surface area contributed by atoms with Crippen LogP contribution in [0.5, 0.6) is 17.2 Å². The van der Waals surface area contributed by atoms with E-state index in [0.29, 0.717) is 17.2 Å². The van der Waals surface area contributed by atoms with Gasteiger partial charge in [0.25, 0.3) is 0 Å². The topological polar surface area (TPSA) is 43.8 Å². The van der Waals surface area contributed by atoms with Crippen molar-refractivity contribution < 1.29 is 14.2 Å². The molecule has 6 heteroatoms. The Labute approximate surface area is 163 Å². The molecule has 0 bridgehead atoms.